The van der Waals surface area contributed by atoms with E-state index in [-0.39, 0.29) is 69.3 Å². The Hall–Kier alpha value is -0.885. The Morgan fingerprint density at radius 2 is 1.95 bits per heavy atom. The number of H-pyrrole nitrogens is 1. The van der Waals surface area contributed by atoms with E-state index in [1.54, 1.807) is 48.8 Å². The third-order valence-corrected chi connectivity index (χ3v) is 2.68. The Morgan fingerprint density at radius 3 is 2.68 bits per heavy atom. The Balaban J connectivity index is 0.00000133. The largest absolute Gasteiger partial charge is 1.00 e. The fourth-order valence-electron chi connectivity index (χ4n) is 1.85. The molecule has 5 nitrogen and oxygen atoms in total. The zero-order valence-corrected chi connectivity index (χ0v) is 15.2. The van der Waals surface area contributed by atoms with Gasteiger partial charge in [0.1, 0.15) is 5.56 Å². The molecule has 0 unspecified atom stereocenters. The Morgan fingerprint density at radius 1 is 1.16 bits per heavy atom. The van der Waals surface area contributed by atoms with E-state index in [2.05, 4.69) is 9.97 Å². The van der Waals surface area contributed by atoms with Gasteiger partial charge in [-0.05, 0) is 18.2 Å². The number of nitrogens with zero attached hydrogens (tertiary/aromatic N) is 2. The summed E-state index contributed by atoms with van der Waals surface area (Å²) in [5, 5.41) is 11.9. The number of nitrogens with one attached hydrogen (secondary N) is 1. The first-order chi connectivity index (χ1) is 8.77. The molecule has 0 saturated carbocycles. The van der Waals surface area contributed by atoms with Gasteiger partial charge in [0, 0.05) is 12.3 Å². The van der Waals surface area contributed by atoms with Gasteiger partial charge in [-0.2, -0.15) is 4.40 Å². The molecule has 0 saturated heterocycles. The van der Waals surface area contributed by atoms with Crippen molar-refractivity contribution < 1.29 is 68.3 Å². The monoisotopic (exact) mass is 324 g/mol. The minimum Gasteiger partial charge on any atom is -0.842 e. The molecule has 88 valence electrons. The van der Waals surface area contributed by atoms with Crippen LogP contribution in [0.3, 0.4) is 0 Å². The van der Waals surface area contributed by atoms with Gasteiger partial charge in [0.05, 0.1) is 17.8 Å². The van der Waals surface area contributed by atoms with Crippen molar-refractivity contribution in [3.05, 3.63) is 59.1 Å². The second kappa shape index (κ2) is 6.05. The third-order valence-electron chi connectivity index (χ3n) is 2.68. The maximum atomic E-state index is 12.3. The molecular weight excluding hydrogens is 316 g/mol. The molecular formula is C13H9N3O2Rb+. The molecule has 0 atom stereocenters. The first kappa shape index (κ1) is 14.5. The zero-order chi connectivity index (χ0) is 12.5. The number of aromatic nitrogens is 3. The van der Waals surface area contributed by atoms with Gasteiger partial charge in [-0.15, -0.1) is 0 Å². The number of hydrogen-bond acceptors (Lipinski definition) is 3. The topological polar surface area (TPSA) is 71.6 Å². The molecule has 0 aromatic carbocycles. The van der Waals surface area contributed by atoms with E-state index in [4.69, 9.17) is 0 Å². The summed E-state index contributed by atoms with van der Waals surface area (Å²) in [7, 11) is 0. The van der Waals surface area contributed by atoms with E-state index >= 15 is 0 Å². The summed E-state index contributed by atoms with van der Waals surface area (Å²) >= 11 is 0. The molecule has 0 aliphatic heterocycles. The van der Waals surface area contributed by atoms with Gasteiger partial charge in [-0.25, -0.2) is 4.79 Å². The average Bonchev–Trinajstić information content (AvgIpc) is 2.40. The number of hydrogen-bond donors (Lipinski definition) is 0. The second-order valence-electron chi connectivity index (χ2n) is 3.81. The second-order valence-corrected chi connectivity index (χ2v) is 3.81. The molecule has 0 amide bonds. The van der Waals surface area contributed by atoms with Crippen LogP contribution >= 0.6 is 0 Å². The Kier molecular flexibility index (Phi) is 4.62. The van der Waals surface area contributed by atoms with E-state index in [0.29, 0.717) is 11.3 Å². The van der Waals surface area contributed by atoms with E-state index in [9.17, 15) is 9.90 Å². The maximum absolute atomic E-state index is 12.3. The van der Waals surface area contributed by atoms with Crippen molar-refractivity contribution in [1.82, 2.24) is 9.38 Å². The van der Waals surface area contributed by atoms with Crippen LogP contribution in [0.1, 0.15) is 0 Å². The minimum absolute atomic E-state index is 0. The summed E-state index contributed by atoms with van der Waals surface area (Å²) in [6.07, 6.45) is 3.16. The summed E-state index contributed by atoms with van der Waals surface area (Å²) < 4.78 is 1.39. The number of aromatic amines is 1. The first-order valence-corrected chi connectivity index (χ1v) is 5.42. The SMILES string of the molecule is O=c1c(-c2ccccn2)c([O-])[nH+]c2ccccn12.[Rb+]. The summed E-state index contributed by atoms with van der Waals surface area (Å²) in [5.74, 6) is -0.426. The number of rotatable bonds is 1. The fourth-order valence-corrected chi connectivity index (χ4v) is 1.85. The van der Waals surface area contributed by atoms with E-state index < -0.39 is 5.88 Å². The molecule has 3 rings (SSSR count). The van der Waals surface area contributed by atoms with E-state index in [1.807, 2.05) is 0 Å². The van der Waals surface area contributed by atoms with Crippen LogP contribution in [0.2, 0.25) is 0 Å². The molecule has 6 heteroatoms. The summed E-state index contributed by atoms with van der Waals surface area (Å²) in [5.41, 5.74) is 0.529. The summed E-state index contributed by atoms with van der Waals surface area (Å²) in [6, 6.07) is 10.3. The molecule has 0 aliphatic carbocycles. The van der Waals surface area contributed by atoms with E-state index in [1.165, 1.54) is 4.40 Å². The van der Waals surface area contributed by atoms with Crippen molar-refractivity contribution in [3.63, 3.8) is 0 Å². The van der Waals surface area contributed by atoms with Crippen molar-refractivity contribution >= 4 is 5.65 Å². The minimum atomic E-state index is -0.426. The summed E-state index contributed by atoms with van der Waals surface area (Å²) in [6.45, 7) is 0. The standard InChI is InChI=1S/C13H9N3O2.Rb/c17-12-11(9-5-1-3-7-14-9)13(18)16-8-4-2-6-10(16)15-12;/h1-8,17H;/q;+1. The predicted molar refractivity (Wildman–Crippen MR) is 62.9 cm³/mol. The first-order valence-electron chi connectivity index (χ1n) is 5.42. The fraction of sp³-hybridized carbons (Fsp3) is 0. The van der Waals surface area contributed by atoms with Crippen LogP contribution in [0.4, 0.5) is 0 Å². The summed E-state index contributed by atoms with van der Waals surface area (Å²) in [4.78, 5) is 19.0. The van der Waals surface area contributed by atoms with Crippen molar-refractivity contribution in [1.29, 1.82) is 0 Å². The molecule has 3 aromatic heterocycles. The number of fused-ring (bicyclic) bond motifs is 1. The van der Waals surface area contributed by atoms with Crippen LogP contribution in [0.15, 0.2) is 53.6 Å². The van der Waals surface area contributed by atoms with Crippen LogP contribution in [0.25, 0.3) is 16.9 Å². The van der Waals surface area contributed by atoms with Crippen molar-refractivity contribution in [2.75, 3.05) is 0 Å². The Bertz CT molecular complexity index is 772. The molecule has 3 aromatic rings. The van der Waals surface area contributed by atoms with Gasteiger partial charge in [-0.1, -0.05) is 12.1 Å². The quantitative estimate of drug-likeness (QED) is 0.487. The predicted octanol–water partition coefficient (Wildman–Crippen LogP) is -2.75. The molecule has 1 N–H and O–H groups in total. The molecule has 0 radical (unpaired) electrons. The van der Waals surface area contributed by atoms with Crippen molar-refractivity contribution in [3.8, 4) is 17.1 Å². The van der Waals surface area contributed by atoms with Gasteiger partial charge in [0.25, 0.3) is 5.65 Å². The third kappa shape index (κ3) is 2.69. The van der Waals surface area contributed by atoms with Crippen LogP contribution in [0.5, 0.6) is 5.88 Å². The van der Waals surface area contributed by atoms with Crippen LogP contribution < -0.4 is 73.8 Å². The smallest absolute Gasteiger partial charge is 0.842 e. The molecule has 0 aliphatic rings. The number of pyridine rings is 2. The van der Waals surface area contributed by atoms with Crippen molar-refractivity contribution in [2.24, 2.45) is 0 Å². The van der Waals surface area contributed by atoms with Gasteiger partial charge < -0.3 is 5.11 Å². The van der Waals surface area contributed by atoms with Crippen LogP contribution in [-0.4, -0.2) is 9.38 Å². The molecule has 19 heavy (non-hydrogen) atoms. The van der Waals surface area contributed by atoms with Crippen molar-refractivity contribution in [2.45, 2.75) is 0 Å². The van der Waals surface area contributed by atoms with Gasteiger partial charge in [-0.3, -0.25) is 9.97 Å². The Labute approximate surface area is 157 Å². The molecule has 0 spiro atoms. The zero-order valence-electron chi connectivity index (χ0n) is 10.3. The molecule has 0 bridgehead atoms. The molecule has 0 fully saturated rings. The van der Waals surface area contributed by atoms with Gasteiger partial charge in [0.15, 0.2) is 0 Å². The van der Waals surface area contributed by atoms with Gasteiger partial charge in [0.2, 0.25) is 0 Å². The van der Waals surface area contributed by atoms with Crippen LogP contribution in [0, 0.1) is 0 Å². The normalized spacial score (nSPS) is 10.1. The maximum Gasteiger partial charge on any atom is 1.00 e. The molecule has 3 heterocycles. The van der Waals surface area contributed by atoms with Gasteiger partial charge >= 0.3 is 63.7 Å². The average molecular weight is 325 g/mol. The van der Waals surface area contributed by atoms with Crippen LogP contribution in [-0.2, 0) is 0 Å². The van der Waals surface area contributed by atoms with E-state index in [0.717, 1.165) is 0 Å².